The number of halogens is 1. The number of carbonyl (C=O) groups excluding carboxylic acids is 1. The molecule has 1 atom stereocenters. The quantitative estimate of drug-likeness (QED) is 0.565. The zero-order valence-corrected chi connectivity index (χ0v) is 6.71. The second-order valence-corrected chi connectivity index (χ2v) is 3.54. The Labute approximate surface area is 61.7 Å². The molecular formula is C4H8INO2. The zero-order chi connectivity index (χ0) is 6.57. The SMILES string of the molecule is CC(I)COC(N)=O. The largest absolute Gasteiger partial charge is 0.449 e. The van der Waals surface area contributed by atoms with Gasteiger partial charge in [-0.1, -0.05) is 29.5 Å². The Morgan fingerprint density at radius 1 is 2.00 bits per heavy atom. The lowest BCUT2D eigenvalue weighted by molar-refractivity contribution is 0.159. The molecule has 0 aromatic rings. The number of hydrogen-bond donors (Lipinski definition) is 1. The van der Waals surface area contributed by atoms with Gasteiger partial charge in [-0.05, 0) is 0 Å². The van der Waals surface area contributed by atoms with E-state index in [4.69, 9.17) is 0 Å². The molecule has 0 bridgehead atoms. The van der Waals surface area contributed by atoms with Crippen LogP contribution in [0.5, 0.6) is 0 Å². The molecule has 0 radical (unpaired) electrons. The van der Waals surface area contributed by atoms with E-state index in [1.54, 1.807) is 0 Å². The first-order valence-electron chi connectivity index (χ1n) is 2.19. The Morgan fingerprint density at radius 3 is 2.62 bits per heavy atom. The fraction of sp³-hybridized carbons (Fsp3) is 0.750. The monoisotopic (exact) mass is 229 g/mol. The first-order chi connectivity index (χ1) is 3.63. The van der Waals surface area contributed by atoms with Crippen LogP contribution in [-0.4, -0.2) is 16.6 Å². The number of rotatable bonds is 2. The number of carbonyl (C=O) groups is 1. The number of nitrogens with two attached hydrogens (primary N) is 1. The molecule has 3 nitrogen and oxygen atoms in total. The highest BCUT2D eigenvalue weighted by Gasteiger charge is 1.96. The van der Waals surface area contributed by atoms with Gasteiger partial charge in [-0.2, -0.15) is 0 Å². The van der Waals surface area contributed by atoms with E-state index in [9.17, 15) is 4.79 Å². The summed E-state index contributed by atoms with van der Waals surface area (Å²) in [6, 6.07) is 0. The van der Waals surface area contributed by atoms with Crippen molar-refractivity contribution in [3.05, 3.63) is 0 Å². The molecule has 0 fully saturated rings. The summed E-state index contributed by atoms with van der Waals surface area (Å²) in [4.78, 5) is 9.90. The van der Waals surface area contributed by atoms with Crippen molar-refractivity contribution in [3.63, 3.8) is 0 Å². The smallest absolute Gasteiger partial charge is 0.404 e. The molecule has 1 unspecified atom stereocenters. The molecule has 0 aromatic carbocycles. The molecule has 0 heterocycles. The predicted octanol–water partition coefficient (Wildman–Crippen LogP) is 0.905. The van der Waals surface area contributed by atoms with Gasteiger partial charge < -0.3 is 10.5 Å². The lowest BCUT2D eigenvalue weighted by atomic mass is 10.5. The Kier molecular flexibility index (Phi) is 3.94. The van der Waals surface area contributed by atoms with E-state index in [1.807, 2.05) is 6.92 Å². The van der Waals surface area contributed by atoms with E-state index in [1.165, 1.54) is 0 Å². The fourth-order valence-corrected chi connectivity index (χ4v) is 0.377. The van der Waals surface area contributed by atoms with Crippen LogP contribution >= 0.6 is 22.6 Å². The maximum atomic E-state index is 9.90. The van der Waals surface area contributed by atoms with Crippen LogP contribution in [0.3, 0.4) is 0 Å². The molecule has 0 aliphatic carbocycles. The van der Waals surface area contributed by atoms with Gasteiger partial charge >= 0.3 is 6.09 Å². The van der Waals surface area contributed by atoms with Gasteiger partial charge in [-0.25, -0.2) is 4.79 Å². The number of primary amides is 1. The van der Waals surface area contributed by atoms with Crippen molar-refractivity contribution >= 4 is 28.7 Å². The van der Waals surface area contributed by atoms with E-state index >= 15 is 0 Å². The first-order valence-corrected chi connectivity index (χ1v) is 3.44. The topological polar surface area (TPSA) is 52.3 Å². The number of hydrogen-bond acceptors (Lipinski definition) is 2. The summed E-state index contributed by atoms with van der Waals surface area (Å²) in [5.74, 6) is 0. The van der Waals surface area contributed by atoms with Crippen molar-refractivity contribution in [2.45, 2.75) is 10.8 Å². The van der Waals surface area contributed by atoms with Gasteiger partial charge in [0.2, 0.25) is 0 Å². The molecule has 48 valence electrons. The van der Waals surface area contributed by atoms with Gasteiger partial charge in [-0.3, -0.25) is 0 Å². The summed E-state index contributed by atoms with van der Waals surface area (Å²) >= 11 is 2.14. The van der Waals surface area contributed by atoms with Crippen molar-refractivity contribution < 1.29 is 9.53 Å². The summed E-state index contributed by atoms with van der Waals surface area (Å²) in [6.07, 6.45) is -0.700. The van der Waals surface area contributed by atoms with Crippen molar-refractivity contribution in [2.24, 2.45) is 5.73 Å². The maximum absolute atomic E-state index is 9.90. The summed E-state index contributed by atoms with van der Waals surface area (Å²) in [5, 5.41) is 0. The first kappa shape index (κ1) is 8.00. The Morgan fingerprint density at radius 2 is 2.50 bits per heavy atom. The van der Waals surface area contributed by atoms with Crippen molar-refractivity contribution in [1.82, 2.24) is 0 Å². The van der Waals surface area contributed by atoms with Crippen LogP contribution in [0, 0.1) is 0 Å². The minimum atomic E-state index is -0.700. The van der Waals surface area contributed by atoms with E-state index in [0.717, 1.165) is 0 Å². The van der Waals surface area contributed by atoms with Crippen LogP contribution in [-0.2, 0) is 4.74 Å². The highest BCUT2D eigenvalue weighted by Crippen LogP contribution is 1.97. The molecule has 0 aliphatic rings. The normalized spacial score (nSPS) is 12.8. The molecule has 8 heavy (non-hydrogen) atoms. The minimum Gasteiger partial charge on any atom is -0.449 e. The Bertz CT molecular complexity index is 84.1. The van der Waals surface area contributed by atoms with Gasteiger partial charge in [0.15, 0.2) is 0 Å². The molecular weight excluding hydrogens is 221 g/mol. The van der Waals surface area contributed by atoms with Crippen LogP contribution < -0.4 is 5.73 Å². The average Bonchev–Trinajstić information content (AvgIpc) is 1.61. The second kappa shape index (κ2) is 3.94. The van der Waals surface area contributed by atoms with Gasteiger partial charge in [0.05, 0.1) is 0 Å². The van der Waals surface area contributed by atoms with Gasteiger partial charge in [0.25, 0.3) is 0 Å². The van der Waals surface area contributed by atoms with Gasteiger partial charge in [0, 0.05) is 3.92 Å². The number of amides is 1. The van der Waals surface area contributed by atoms with Gasteiger partial charge in [-0.15, -0.1) is 0 Å². The highest BCUT2D eigenvalue weighted by molar-refractivity contribution is 14.1. The van der Waals surface area contributed by atoms with Crippen molar-refractivity contribution in [2.75, 3.05) is 6.61 Å². The Hall–Kier alpha value is 0. The molecule has 0 spiro atoms. The fourth-order valence-electron chi connectivity index (χ4n) is 0.197. The van der Waals surface area contributed by atoms with Crippen LogP contribution in [0.1, 0.15) is 6.92 Å². The van der Waals surface area contributed by atoms with Crippen LogP contribution in [0.25, 0.3) is 0 Å². The molecule has 4 heteroatoms. The third kappa shape index (κ3) is 6.00. The standard InChI is InChI=1S/C4H8INO2/c1-3(5)2-8-4(6)7/h3H,2H2,1H3,(H2,6,7). The minimum absolute atomic E-state index is 0.333. The van der Waals surface area contributed by atoms with Crippen LogP contribution in [0.4, 0.5) is 4.79 Å². The molecule has 0 saturated heterocycles. The van der Waals surface area contributed by atoms with E-state index < -0.39 is 6.09 Å². The third-order valence-corrected chi connectivity index (χ3v) is 0.815. The third-order valence-electron chi connectivity index (χ3n) is 0.455. The second-order valence-electron chi connectivity index (χ2n) is 1.41. The predicted molar refractivity (Wildman–Crippen MR) is 39.0 cm³/mol. The van der Waals surface area contributed by atoms with Crippen molar-refractivity contribution in [3.8, 4) is 0 Å². The van der Waals surface area contributed by atoms with Crippen LogP contribution in [0.15, 0.2) is 0 Å². The molecule has 1 amide bonds. The summed E-state index contributed by atoms with van der Waals surface area (Å²) in [5.41, 5.74) is 4.68. The molecule has 0 rings (SSSR count). The molecule has 2 N–H and O–H groups in total. The number of ether oxygens (including phenoxy) is 1. The van der Waals surface area contributed by atoms with Crippen LogP contribution in [0.2, 0.25) is 0 Å². The maximum Gasteiger partial charge on any atom is 0.404 e. The van der Waals surface area contributed by atoms with Gasteiger partial charge in [0.1, 0.15) is 6.61 Å². The zero-order valence-electron chi connectivity index (χ0n) is 4.56. The molecule has 0 aliphatic heterocycles. The lowest BCUT2D eigenvalue weighted by Crippen LogP contribution is -2.16. The summed E-state index contributed by atoms with van der Waals surface area (Å²) in [7, 11) is 0. The van der Waals surface area contributed by atoms with E-state index in [2.05, 4.69) is 33.1 Å². The highest BCUT2D eigenvalue weighted by atomic mass is 127. The Balaban J connectivity index is 3.05. The lowest BCUT2D eigenvalue weighted by Gasteiger charge is -2.00. The summed E-state index contributed by atoms with van der Waals surface area (Å²) < 4.78 is 4.77. The average molecular weight is 229 g/mol. The molecule has 0 aromatic heterocycles. The molecule has 0 saturated carbocycles. The van der Waals surface area contributed by atoms with E-state index in [-0.39, 0.29) is 0 Å². The van der Waals surface area contributed by atoms with E-state index in [0.29, 0.717) is 10.5 Å². The summed E-state index contributed by atoms with van der Waals surface area (Å²) in [6.45, 7) is 2.33. The van der Waals surface area contributed by atoms with Crippen molar-refractivity contribution in [1.29, 1.82) is 0 Å². The number of alkyl halides is 1.